The van der Waals surface area contributed by atoms with Gasteiger partial charge in [0.1, 0.15) is 4.83 Å². The predicted octanol–water partition coefficient (Wildman–Crippen LogP) is 3.06. The van der Waals surface area contributed by atoms with Crippen LogP contribution in [0.25, 0.3) is 10.2 Å². The van der Waals surface area contributed by atoms with Gasteiger partial charge in [-0.1, -0.05) is 18.7 Å². The molecule has 8 heteroatoms. The predicted molar refractivity (Wildman–Crippen MR) is 97.4 cm³/mol. The largest absolute Gasteiger partial charge is 0.488 e. The molecule has 0 aromatic carbocycles. The first-order valence-corrected chi connectivity index (χ1v) is 9.34. The second-order valence-corrected chi connectivity index (χ2v) is 7.47. The van der Waals surface area contributed by atoms with E-state index in [1.807, 2.05) is 19.9 Å². The van der Waals surface area contributed by atoms with Gasteiger partial charge in [0.15, 0.2) is 10.9 Å². The van der Waals surface area contributed by atoms with Crippen LogP contribution in [0.5, 0.6) is 5.75 Å². The molecule has 0 amide bonds. The number of pyridine rings is 1. The van der Waals surface area contributed by atoms with Crippen molar-refractivity contribution in [2.24, 2.45) is 0 Å². The zero-order valence-electron chi connectivity index (χ0n) is 13.3. The molecule has 0 aliphatic rings. The number of aromatic nitrogens is 3. The maximum Gasteiger partial charge on any atom is 0.260 e. The molecule has 0 saturated carbocycles. The van der Waals surface area contributed by atoms with Crippen molar-refractivity contribution in [3.63, 3.8) is 0 Å². The maximum atomic E-state index is 12.0. The van der Waals surface area contributed by atoms with Crippen molar-refractivity contribution in [1.29, 1.82) is 0 Å². The lowest BCUT2D eigenvalue weighted by Crippen LogP contribution is -2.10. The summed E-state index contributed by atoms with van der Waals surface area (Å²) in [6.07, 6.45) is 2.43. The van der Waals surface area contributed by atoms with Crippen LogP contribution in [0.4, 0.5) is 0 Å². The number of H-pyrrole nitrogens is 2. The zero-order chi connectivity index (χ0) is 17.1. The molecule has 3 aromatic rings. The Labute approximate surface area is 146 Å². The van der Waals surface area contributed by atoms with Crippen LogP contribution in [-0.2, 0) is 5.75 Å². The van der Waals surface area contributed by atoms with Gasteiger partial charge >= 0.3 is 0 Å². The molecule has 0 aliphatic heterocycles. The quantitative estimate of drug-likeness (QED) is 0.519. The minimum atomic E-state index is -0.149. The molecule has 2 N–H and O–H groups in total. The summed E-state index contributed by atoms with van der Waals surface area (Å²) in [5.41, 5.74) is 0.464. The number of thiophene rings is 1. The molecular weight excluding hydrogens is 346 g/mol. The van der Waals surface area contributed by atoms with Gasteiger partial charge in [-0.3, -0.25) is 9.59 Å². The van der Waals surface area contributed by atoms with E-state index >= 15 is 0 Å². The zero-order valence-corrected chi connectivity index (χ0v) is 15.0. The third kappa shape index (κ3) is 3.70. The Kier molecular flexibility index (Phi) is 5.06. The van der Waals surface area contributed by atoms with Gasteiger partial charge in [0.25, 0.3) is 5.56 Å². The summed E-state index contributed by atoms with van der Waals surface area (Å²) in [6, 6.07) is 3.36. The molecule has 0 atom stereocenters. The number of ether oxygens (including phenoxy) is 1. The number of nitrogens with one attached hydrogen (secondary N) is 2. The molecule has 24 heavy (non-hydrogen) atoms. The van der Waals surface area contributed by atoms with E-state index in [0.29, 0.717) is 28.7 Å². The fourth-order valence-electron chi connectivity index (χ4n) is 2.16. The van der Waals surface area contributed by atoms with Crippen molar-refractivity contribution >= 4 is 33.3 Å². The summed E-state index contributed by atoms with van der Waals surface area (Å²) < 4.78 is 5.36. The van der Waals surface area contributed by atoms with Gasteiger partial charge in [0.05, 0.1) is 12.0 Å². The van der Waals surface area contributed by atoms with Crippen LogP contribution in [-0.4, -0.2) is 21.6 Å². The van der Waals surface area contributed by atoms with Crippen LogP contribution in [0.1, 0.15) is 23.9 Å². The smallest absolute Gasteiger partial charge is 0.260 e. The third-order valence-corrected chi connectivity index (χ3v) is 5.13. The van der Waals surface area contributed by atoms with Crippen LogP contribution in [0, 0.1) is 6.92 Å². The fraction of sp³-hybridized carbons (Fsp3) is 0.312. The van der Waals surface area contributed by atoms with E-state index in [-0.39, 0.29) is 11.0 Å². The van der Waals surface area contributed by atoms with Gasteiger partial charge in [-0.2, -0.15) is 0 Å². The Bertz CT molecular complexity index is 975. The van der Waals surface area contributed by atoms with Crippen LogP contribution in [0.2, 0.25) is 0 Å². The van der Waals surface area contributed by atoms with E-state index in [9.17, 15) is 9.59 Å². The lowest BCUT2D eigenvalue weighted by Gasteiger charge is -2.05. The summed E-state index contributed by atoms with van der Waals surface area (Å²) in [6.45, 7) is 4.45. The van der Waals surface area contributed by atoms with Crippen LogP contribution < -0.4 is 15.7 Å². The normalized spacial score (nSPS) is 11.1. The highest BCUT2D eigenvalue weighted by Crippen LogP contribution is 2.23. The molecule has 0 spiro atoms. The number of hydrogen-bond donors (Lipinski definition) is 2. The second-order valence-electron chi connectivity index (χ2n) is 5.27. The van der Waals surface area contributed by atoms with Gasteiger partial charge in [-0.05, 0) is 19.4 Å². The SMILES string of the molecule is CCCOc1c[nH]c(CSc2nc3sc(C)cc3c(=O)[nH]2)cc1=O. The summed E-state index contributed by atoms with van der Waals surface area (Å²) in [5.74, 6) is 0.829. The number of aryl methyl sites for hydroxylation is 1. The fourth-order valence-corrected chi connectivity index (χ4v) is 3.87. The number of hydrogen-bond acceptors (Lipinski definition) is 6. The number of nitrogens with zero attached hydrogens (tertiary/aromatic N) is 1. The van der Waals surface area contributed by atoms with Crippen molar-refractivity contribution < 1.29 is 4.74 Å². The average Bonchev–Trinajstić information content (AvgIpc) is 2.93. The Hall–Kier alpha value is -2.06. The molecule has 0 fully saturated rings. The van der Waals surface area contributed by atoms with E-state index < -0.39 is 0 Å². The summed E-state index contributed by atoms with van der Waals surface area (Å²) in [4.78, 5) is 36.1. The Morgan fingerprint density at radius 3 is 2.92 bits per heavy atom. The minimum Gasteiger partial charge on any atom is -0.488 e. The van der Waals surface area contributed by atoms with Crippen molar-refractivity contribution in [2.75, 3.05) is 6.61 Å². The molecule has 0 aliphatic carbocycles. The topological polar surface area (TPSA) is 87.8 Å². The molecule has 0 radical (unpaired) electrons. The monoisotopic (exact) mass is 363 g/mol. The molecule has 3 aromatic heterocycles. The lowest BCUT2D eigenvalue weighted by atomic mass is 10.3. The Morgan fingerprint density at radius 1 is 1.33 bits per heavy atom. The Morgan fingerprint density at radius 2 is 2.17 bits per heavy atom. The van der Waals surface area contributed by atoms with Gasteiger partial charge in [0.2, 0.25) is 5.43 Å². The first kappa shape index (κ1) is 16.8. The first-order valence-electron chi connectivity index (χ1n) is 7.54. The van der Waals surface area contributed by atoms with Crippen LogP contribution >= 0.6 is 23.1 Å². The van der Waals surface area contributed by atoms with E-state index in [1.165, 1.54) is 29.2 Å². The van der Waals surface area contributed by atoms with E-state index in [0.717, 1.165) is 21.8 Å². The van der Waals surface area contributed by atoms with Gasteiger partial charge in [-0.25, -0.2) is 4.98 Å². The number of fused-ring (bicyclic) bond motifs is 1. The molecule has 3 rings (SSSR count). The lowest BCUT2D eigenvalue weighted by molar-refractivity contribution is 0.313. The van der Waals surface area contributed by atoms with Crippen molar-refractivity contribution in [3.05, 3.63) is 49.5 Å². The van der Waals surface area contributed by atoms with Crippen molar-refractivity contribution in [3.8, 4) is 5.75 Å². The van der Waals surface area contributed by atoms with E-state index in [4.69, 9.17) is 4.74 Å². The number of thioether (sulfide) groups is 1. The van der Waals surface area contributed by atoms with Crippen molar-refractivity contribution in [1.82, 2.24) is 15.0 Å². The second kappa shape index (κ2) is 7.23. The molecule has 0 saturated heterocycles. The molecule has 0 unspecified atom stereocenters. The average molecular weight is 363 g/mol. The highest BCUT2D eigenvalue weighted by atomic mass is 32.2. The highest BCUT2D eigenvalue weighted by molar-refractivity contribution is 7.98. The van der Waals surface area contributed by atoms with Crippen LogP contribution in [0.15, 0.2) is 33.1 Å². The summed E-state index contributed by atoms with van der Waals surface area (Å²) >= 11 is 2.87. The molecule has 6 nitrogen and oxygen atoms in total. The molecular formula is C16H17N3O3S2. The highest BCUT2D eigenvalue weighted by Gasteiger charge is 2.08. The summed E-state index contributed by atoms with van der Waals surface area (Å²) in [5, 5.41) is 1.16. The molecule has 0 bridgehead atoms. The van der Waals surface area contributed by atoms with Crippen molar-refractivity contribution in [2.45, 2.75) is 31.2 Å². The third-order valence-electron chi connectivity index (χ3n) is 3.27. The first-order chi connectivity index (χ1) is 11.6. The Balaban J connectivity index is 1.75. The van der Waals surface area contributed by atoms with E-state index in [2.05, 4.69) is 15.0 Å². The van der Waals surface area contributed by atoms with Gasteiger partial charge in [0, 0.05) is 28.6 Å². The van der Waals surface area contributed by atoms with Gasteiger partial charge in [-0.15, -0.1) is 11.3 Å². The number of aromatic amines is 2. The minimum absolute atomic E-state index is 0.136. The number of rotatable bonds is 6. The van der Waals surface area contributed by atoms with Crippen LogP contribution in [0.3, 0.4) is 0 Å². The molecule has 3 heterocycles. The molecule has 126 valence electrons. The van der Waals surface area contributed by atoms with E-state index in [1.54, 1.807) is 6.20 Å². The van der Waals surface area contributed by atoms with Gasteiger partial charge < -0.3 is 14.7 Å². The maximum absolute atomic E-state index is 12.0. The standard InChI is InChI=1S/C16H17N3O3S2/c1-3-4-22-13-7-17-10(6-12(13)20)8-23-16-18-14(21)11-5-9(2)24-15(11)19-16/h5-7H,3-4,8H2,1-2H3,(H,17,20)(H,18,19,21). The summed E-state index contributed by atoms with van der Waals surface area (Å²) in [7, 11) is 0.